The molecule has 0 saturated heterocycles. The van der Waals surface area contributed by atoms with Crippen LogP contribution >= 0.6 is 23.2 Å². The maximum Gasteiger partial charge on any atom is 0.243 e. The largest absolute Gasteiger partial charge is 0.494 e. The van der Waals surface area contributed by atoms with Gasteiger partial charge >= 0.3 is 0 Å². The molecule has 0 aromatic heterocycles. The van der Waals surface area contributed by atoms with Gasteiger partial charge in [-0.2, -0.15) is 0 Å². The molecule has 0 unspecified atom stereocenters. The highest BCUT2D eigenvalue weighted by Gasteiger charge is 2.32. The van der Waals surface area contributed by atoms with Gasteiger partial charge in [-0.1, -0.05) is 96.6 Å². The smallest absolute Gasteiger partial charge is 0.243 e. The molecule has 1 aliphatic carbocycles. The monoisotopic (exact) mass is 580 g/mol. The lowest BCUT2D eigenvalue weighted by Gasteiger charge is -2.33. The summed E-state index contributed by atoms with van der Waals surface area (Å²) >= 11 is 12.7. The summed E-state index contributed by atoms with van der Waals surface area (Å²) in [7, 11) is 0. The van der Waals surface area contributed by atoms with E-state index in [0.29, 0.717) is 29.5 Å². The number of ether oxygens (including phenoxy) is 1. The number of halogens is 2. The second-order valence-electron chi connectivity index (χ2n) is 10.6. The average molecular weight is 582 g/mol. The van der Waals surface area contributed by atoms with Gasteiger partial charge in [0.2, 0.25) is 11.8 Å². The van der Waals surface area contributed by atoms with Crippen LogP contribution in [0.1, 0.15) is 61.6 Å². The Labute approximate surface area is 247 Å². The second kappa shape index (κ2) is 15.1. The Kier molecular flexibility index (Phi) is 11.3. The summed E-state index contributed by atoms with van der Waals surface area (Å²) in [5, 5.41) is 4.26. The molecule has 1 fully saturated rings. The molecule has 0 bridgehead atoms. The predicted octanol–water partition coefficient (Wildman–Crippen LogP) is 7.55. The van der Waals surface area contributed by atoms with Gasteiger partial charge in [0.05, 0.1) is 6.61 Å². The first kappa shape index (κ1) is 30.0. The maximum atomic E-state index is 13.8. The van der Waals surface area contributed by atoms with Crippen molar-refractivity contribution in [3.63, 3.8) is 0 Å². The summed E-state index contributed by atoms with van der Waals surface area (Å²) in [5.74, 6) is 0.542. The molecule has 3 aromatic carbocycles. The molecular weight excluding hydrogens is 543 g/mol. The fourth-order valence-electron chi connectivity index (χ4n) is 5.12. The van der Waals surface area contributed by atoms with Gasteiger partial charge in [0.25, 0.3) is 0 Å². The van der Waals surface area contributed by atoms with Crippen LogP contribution < -0.4 is 10.1 Å². The van der Waals surface area contributed by atoms with Gasteiger partial charge in [0, 0.05) is 35.5 Å². The molecule has 0 spiro atoms. The van der Waals surface area contributed by atoms with Crippen molar-refractivity contribution in [3.8, 4) is 5.75 Å². The molecule has 3 aromatic rings. The molecule has 1 aliphatic rings. The van der Waals surface area contributed by atoms with E-state index in [9.17, 15) is 9.59 Å². The summed E-state index contributed by atoms with van der Waals surface area (Å²) in [6.45, 7) is 2.64. The van der Waals surface area contributed by atoms with Crippen molar-refractivity contribution in [1.29, 1.82) is 0 Å². The highest BCUT2D eigenvalue weighted by Crippen LogP contribution is 2.25. The summed E-state index contributed by atoms with van der Waals surface area (Å²) in [6.07, 6.45) is 6.55. The molecule has 1 N–H and O–H groups in total. The van der Waals surface area contributed by atoms with Crippen molar-refractivity contribution in [2.75, 3.05) is 6.61 Å². The summed E-state index contributed by atoms with van der Waals surface area (Å²) < 4.78 is 5.86. The molecule has 1 atom stereocenters. The van der Waals surface area contributed by atoms with E-state index in [1.807, 2.05) is 67.6 Å². The van der Waals surface area contributed by atoms with Crippen LogP contribution in [0.2, 0.25) is 10.0 Å². The van der Waals surface area contributed by atoms with Crippen LogP contribution in [0.25, 0.3) is 0 Å². The fraction of sp³-hybridized carbons (Fsp3) is 0.394. The molecular formula is C33H38Cl2N2O3. The van der Waals surface area contributed by atoms with Crippen LogP contribution in [0, 0.1) is 6.92 Å². The van der Waals surface area contributed by atoms with Crippen molar-refractivity contribution < 1.29 is 14.3 Å². The second-order valence-corrected chi connectivity index (χ2v) is 11.4. The standard InChI is InChI=1S/C33H38Cl2N2O3/c1-24-14-18-29(19-15-24)40-20-8-13-32(38)37(23-26-16-17-27(34)22-30(26)35)31(21-25-9-4-2-5-10-25)33(39)36-28-11-6-3-7-12-28/h2,4-5,9-10,14-19,22,28,31H,3,6-8,11-13,20-21,23H2,1H3,(H,36,39)/t31-/m0/s1. The van der Waals surface area contributed by atoms with Gasteiger partial charge in [-0.25, -0.2) is 0 Å². The number of rotatable bonds is 12. The third-order valence-electron chi connectivity index (χ3n) is 7.40. The summed E-state index contributed by atoms with van der Waals surface area (Å²) in [4.78, 5) is 29.4. The SMILES string of the molecule is Cc1ccc(OCCCC(=O)N(Cc2ccc(Cl)cc2Cl)[C@@H](Cc2ccccc2)C(=O)NC2CCCCC2)cc1. The number of aryl methyl sites for hydroxylation is 1. The molecule has 0 radical (unpaired) electrons. The van der Waals surface area contributed by atoms with Gasteiger partial charge in [-0.05, 0) is 61.6 Å². The zero-order valence-electron chi connectivity index (χ0n) is 23.1. The quantitative estimate of drug-likeness (QED) is 0.225. The van der Waals surface area contributed by atoms with E-state index in [-0.39, 0.29) is 30.8 Å². The normalized spacial score (nSPS) is 14.4. The fourth-order valence-corrected chi connectivity index (χ4v) is 5.59. The molecule has 1 saturated carbocycles. The topological polar surface area (TPSA) is 58.6 Å². The minimum Gasteiger partial charge on any atom is -0.494 e. The van der Waals surface area contributed by atoms with E-state index >= 15 is 0 Å². The Morgan fingerprint density at radius 3 is 2.40 bits per heavy atom. The Morgan fingerprint density at radius 2 is 1.70 bits per heavy atom. The van der Waals surface area contributed by atoms with E-state index in [2.05, 4.69) is 5.32 Å². The van der Waals surface area contributed by atoms with E-state index < -0.39 is 6.04 Å². The Morgan fingerprint density at radius 1 is 0.975 bits per heavy atom. The predicted molar refractivity (Wildman–Crippen MR) is 162 cm³/mol. The number of carbonyl (C=O) groups is 2. The van der Waals surface area contributed by atoms with Crippen LogP contribution in [-0.2, 0) is 22.6 Å². The molecule has 40 heavy (non-hydrogen) atoms. The Hall–Kier alpha value is -3.02. The first-order chi connectivity index (χ1) is 19.4. The molecule has 2 amide bonds. The minimum absolute atomic E-state index is 0.113. The Bertz CT molecular complexity index is 1240. The zero-order chi connectivity index (χ0) is 28.3. The van der Waals surface area contributed by atoms with Gasteiger partial charge in [0.15, 0.2) is 0 Å². The van der Waals surface area contributed by atoms with Crippen molar-refractivity contribution in [2.45, 2.75) is 76.9 Å². The molecule has 7 heteroatoms. The van der Waals surface area contributed by atoms with Crippen LogP contribution in [0.3, 0.4) is 0 Å². The number of amides is 2. The number of carbonyl (C=O) groups excluding carboxylic acids is 2. The highest BCUT2D eigenvalue weighted by molar-refractivity contribution is 6.35. The third-order valence-corrected chi connectivity index (χ3v) is 7.99. The van der Waals surface area contributed by atoms with Crippen molar-refractivity contribution in [3.05, 3.63) is 99.5 Å². The van der Waals surface area contributed by atoms with Crippen LogP contribution in [-0.4, -0.2) is 35.4 Å². The molecule has 5 nitrogen and oxygen atoms in total. The van der Waals surface area contributed by atoms with Crippen molar-refractivity contribution in [1.82, 2.24) is 10.2 Å². The molecule has 0 aliphatic heterocycles. The number of benzene rings is 3. The van der Waals surface area contributed by atoms with E-state index in [1.165, 1.54) is 6.42 Å². The van der Waals surface area contributed by atoms with Crippen molar-refractivity contribution in [2.24, 2.45) is 0 Å². The van der Waals surface area contributed by atoms with Crippen LogP contribution in [0.15, 0.2) is 72.8 Å². The van der Waals surface area contributed by atoms with Gasteiger partial charge < -0.3 is 15.0 Å². The number of nitrogens with zero attached hydrogens (tertiary/aromatic N) is 1. The molecule has 0 heterocycles. The lowest BCUT2D eigenvalue weighted by Crippen LogP contribution is -2.52. The Balaban J connectivity index is 1.54. The van der Waals surface area contributed by atoms with Gasteiger partial charge in [0.1, 0.15) is 11.8 Å². The number of hydrogen-bond acceptors (Lipinski definition) is 3. The molecule has 4 rings (SSSR count). The summed E-state index contributed by atoms with van der Waals surface area (Å²) in [6, 6.07) is 22.4. The van der Waals surface area contributed by atoms with Gasteiger partial charge in [-0.15, -0.1) is 0 Å². The summed E-state index contributed by atoms with van der Waals surface area (Å²) in [5.41, 5.74) is 2.91. The van der Waals surface area contributed by atoms with Crippen LogP contribution in [0.5, 0.6) is 5.75 Å². The van der Waals surface area contributed by atoms with E-state index in [4.69, 9.17) is 27.9 Å². The van der Waals surface area contributed by atoms with Gasteiger partial charge in [-0.3, -0.25) is 9.59 Å². The first-order valence-electron chi connectivity index (χ1n) is 14.2. The maximum absolute atomic E-state index is 13.8. The van der Waals surface area contributed by atoms with Crippen LogP contribution in [0.4, 0.5) is 0 Å². The first-order valence-corrected chi connectivity index (χ1v) is 14.9. The zero-order valence-corrected chi connectivity index (χ0v) is 24.6. The number of nitrogens with one attached hydrogen (secondary N) is 1. The average Bonchev–Trinajstić information content (AvgIpc) is 2.96. The lowest BCUT2D eigenvalue weighted by atomic mass is 9.94. The molecule has 212 valence electrons. The number of hydrogen-bond donors (Lipinski definition) is 1. The highest BCUT2D eigenvalue weighted by atomic mass is 35.5. The van der Waals surface area contributed by atoms with E-state index in [0.717, 1.165) is 48.1 Å². The minimum atomic E-state index is -0.679. The van der Waals surface area contributed by atoms with Crippen molar-refractivity contribution >= 4 is 35.0 Å². The lowest BCUT2D eigenvalue weighted by molar-refractivity contribution is -0.141. The third kappa shape index (κ3) is 9.00. The van der Waals surface area contributed by atoms with E-state index in [1.54, 1.807) is 17.0 Å².